The lowest BCUT2D eigenvalue weighted by atomic mass is 10.6. The SMILES string of the molecule is O/C=C(/O)CO. The first kappa shape index (κ1) is 5.30. The second-order valence-corrected chi connectivity index (χ2v) is 0.779. The van der Waals surface area contributed by atoms with Crippen LogP contribution in [0.25, 0.3) is 0 Å². The van der Waals surface area contributed by atoms with Gasteiger partial charge in [-0.25, -0.2) is 0 Å². The summed E-state index contributed by atoms with van der Waals surface area (Å²) in [5.74, 6) is -0.421. The van der Waals surface area contributed by atoms with Gasteiger partial charge in [0.05, 0.1) is 0 Å². The standard InChI is InChI=1S/C3H6O3/c4-1-3(6)2-5/h1,4-6H,2H2/b3-1+. The van der Waals surface area contributed by atoms with Crippen LogP contribution in [0.4, 0.5) is 0 Å². The van der Waals surface area contributed by atoms with Gasteiger partial charge >= 0.3 is 0 Å². The van der Waals surface area contributed by atoms with Crippen LogP contribution in [0.3, 0.4) is 0 Å². The molecule has 0 atom stereocenters. The highest BCUT2D eigenvalue weighted by molar-refractivity contribution is 4.80. The molecule has 0 aliphatic rings. The van der Waals surface area contributed by atoms with Crippen LogP contribution in [0, 0.1) is 0 Å². The molecule has 0 aliphatic carbocycles. The van der Waals surface area contributed by atoms with Gasteiger partial charge < -0.3 is 15.3 Å². The fraction of sp³-hybridized carbons (Fsp3) is 0.333. The van der Waals surface area contributed by atoms with Crippen LogP contribution in [-0.2, 0) is 0 Å². The van der Waals surface area contributed by atoms with Gasteiger partial charge in [-0.1, -0.05) is 0 Å². The molecule has 0 aromatic carbocycles. The molecule has 0 unspecified atom stereocenters. The largest absolute Gasteiger partial charge is 0.512 e. The Bertz CT molecular complexity index is 57.1. The topological polar surface area (TPSA) is 60.7 Å². The molecular formula is C3H6O3. The molecule has 0 saturated carbocycles. The molecule has 0 heterocycles. The summed E-state index contributed by atoms with van der Waals surface area (Å²) in [5, 5.41) is 23.6. The Balaban J connectivity index is 3.22. The molecule has 0 amide bonds. The van der Waals surface area contributed by atoms with E-state index < -0.39 is 12.4 Å². The molecule has 0 saturated heterocycles. The fourth-order valence-corrected chi connectivity index (χ4v) is 0.0408. The monoisotopic (exact) mass is 90.0 g/mol. The summed E-state index contributed by atoms with van der Waals surface area (Å²) in [6.07, 6.45) is 0.444. The zero-order valence-electron chi connectivity index (χ0n) is 3.13. The van der Waals surface area contributed by atoms with Crippen molar-refractivity contribution in [2.45, 2.75) is 0 Å². The highest BCUT2D eigenvalue weighted by Crippen LogP contribution is 1.77. The highest BCUT2D eigenvalue weighted by Gasteiger charge is 1.80. The second-order valence-electron chi connectivity index (χ2n) is 0.779. The molecule has 36 valence electrons. The number of rotatable bonds is 1. The molecule has 3 N–H and O–H groups in total. The predicted octanol–water partition coefficient (Wildman–Crippen LogP) is -0.0639. The summed E-state index contributed by atoms with van der Waals surface area (Å²) in [6.45, 7) is -0.503. The Morgan fingerprint density at radius 3 is 2.17 bits per heavy atom. The molecular weight excluding hydrogens is 84.0 g/mol. The number of hydrogen-bond donors (Lipinski definition) is 3. The minimum atomic E-state index is -0.503. The molecule has 3 nitrogen and oxygen atoms in total. The lowest BCUT2D eigenvalue weighted by Crippen LogP contribution is -1.85. The molecule has 0 aromatic rings. The van der Waals surface area contributed by atoms with Gasteiger partial charge in [-0.3, -0.25) is 0 Å². The van der Waals surface area contributed by atoms with E-state index in [4.69, 9.17) is 15.3 Å². The Hall–Kier alpha value is -0.700. The van der Waals surface area contributed by atoms with Gasteiger partial charge in [0.15, 0.2) is 5.76 Å². The summed E-state index contributed by atoms with van der Waals surface area (Å²) < 4.78 is 0. The van der Waals surface area contributed by atoms with Crippen molar-refractivity contribution in [1.82, 2.24) is 0 Å². The lowest BCUT2D eigenvalue weighted by Gasteiger charge is -1.83. The third-order valence-corrected chi connectivity index (χ3v) is 0.311. The van der Waals surface area contributed by atoms with Gasteiger partial charge in [0.1, 0.15) is 12.9 Å². The van der Waals surface area contributed by atoms with Crippen LogP contribution >= 0.6 is 0 Å². The minimum Gasteiger partial charge on any atom is -0.512 e. The Morgan fingerprint density at radius 2 is 2.17 bits per heavy atom. The van der Waals surface area contributed by atoms with Gasteiger partial charge in [-0.15, -0.1) is 0 Å². The van der Waals surface area contributed by atoms with Crippen LogP contribution < -0.4 is 0 Å². The summed E-state index contributed by atoms with van der Waals surface area (Å²) >= 11 is 0. The predicted molar refractivity (Wildman–Crippen MR) is 20.4 cm³/mol. The molecule has 0 aromatic heterocycles. The van der Waals surface area contributed by atoms with Crippen molar-refractivity contribution < 1.29 is 15.3 Å². The van der Waals surface area contributed by atoms with Gasteiger partial charge in [0, 0.05) is 0 Å². The van der Waals surface area contributed by atoms with Crippen LogP contribution in [0.15, 0.2) is 12.0 Å². The number of aliphatic hydroxyl groups excluding tert-OH is 3. The first-order chi connectivity index (χ1) is 2.81. The Morgan fingerprint density at radius 1 is 1.67 bits per heavy atom. The average molecular weight is 90.1 g/mol. The summed E-state index contributed by atoms with van der Waals surface area (Å²) in [6, 6.07) is 0. The van der Waals surface area contributed by atoms with Crippen molar-refractivity contribution in [2.75, 3.05) is 6.61 Å². The quantitative estimate of drug-likeness (QED) is 0.395. The minimum absolute atomic E-state index is 0.421. The lowest BCUT2D eigenvalue weighted by molar-refractivity contribution is 0.239. The van der Waals surface area contributed by atoms with Crippen molar-refractivity contribution in [3.05, 3.63) is 12.0 Å². The van der Waals surface area contributed by atoms with Crippen LogP contribution in [0.1, 0.15) is 0 Å². The third kappa shape index (κ3) is 1.60. The van der Waals surface area contributed by atoms with Crippen molar-refractivity contribution in [2.24, 2.45) is 0 Å². The van der Waals surface area contributed by atoms with E-state index in [-0.39, 0.29) is 0 Å². The summed E-state index contributed by atoms with van der Waals surface area (Å²) in [5.41, 5.74) is 0. The van der Waals surface area contributed by atoms with E-state index in [0.29, 0.717) is 6.26 Å². The fourth-order valence-electron chi connectivity index (χ4n) is 0.0408. The molecule has 0 fully saturated rings. The Kier molecular flexibility index (Phi) is 2.24. The number of aliphatic hydroxyl groups is 3. The second kappa shape index (κ2) is 2.53. The zero-order chi connectivity index (χ0) is 4.99. The van der Waals surface area contributed by atoms with Crippen molar-refractivity contribution in [3.63, 3.8) is 0 Å². The third-order valence-electron chi connectivity index (χ3n) is 0.311. The first-order valence-corrected chi connectivity index (χ1v) is 1.44. The van der Waals surface area contributed by atoms with Crippen LogP contribution in [-0.4, -0.2) is 21.9 Å². The zero-order valence-corrected chi connectivity index (χ0v) is 3.13. The molecule has 0 aliphatic heterocycles. The summed E-state index contributed by atoms with van der Waals surface area (Å²) in [7, 11) is 0. The van der Waals surface area contributed by atoms with Gasteiger partial charge in [0.25, 0.3) is 0 Å². The first-order valence-electron chi connectivity index (χ1n) is 1.44. The molecule has 3 heteroatoms. The Labute approximate surface area is 35.2 Å². The number of hydrogen-bond acceptors (Lipinski definition) is 3. The van der Waals surface area contributed by atoms with E-state index in [0.717, 1.165) is 0 Å². The highest BCUT2D eigenvalue weighted by atomic mass is 16.3. The van der Waals surface area contributed by atoms with Crippen molar-refractivity contribution in [1.29, 1.82) is 0 Å². The maximum Gasteiger partial charge on any atom is 0.152 e. The van der Waals surface area contributed by atoms with E-state index >= 15 is 0 Å². The average Bonchev–Trinajstić information content (AvgIpc) is 1.65. The molecule has 0 spiro atoms. The van der Waals surface area contributed by atoms with Crippen molar-refractivity contribution >= 4 is 0 Å². The van der Waals surface area contributed by atoms with Crippen LogP contribution in [0.2, 0.25) is 0 Å². The van der Waals surface area contributed by atoms with E-state index in [1.807, 2.05) is 0 Å². The van der Waals surface area contributed by atoms with Gasteiger partial charge in [-0.2, -0.15) is 0 Å². The molecule has 0 radical (unpaired) electrons. The smallest absolute Gasteiger partial charge is 0.152 e. The summed E-state index contributed by atoms with van der Waals surface area (Å²) in [4.78, 5) is 0. The maximum absolute atomic E-state index is 8.03. The van der Waals surface area contributed by atoms with E-state index in [1.165, 1.54) is 0 Å². The van der Waals surface area contributed by atoms with E-state index in [2.05, 4.69) is 0 Å². The maximum atomic E-state index is 8.03. The van der Waals surface area contributed by atoms with E-state index in [9.17, 15) is 0 Å². The van der Waals surface area contributed by atoms with Gasteiger partial charge in [-0.05, 0) is 0 Å². The van der Waals surface area contributed by atoms with E-state index in [1.54, 1.807) is 0 Å². The van der Waals surface area contributed by atoms with Crippen molar-refractivity contribution in [3.8, 4) is 0 Å². The molecule has 0 rings (SSSR count). The van der Waals surface area contributed by atoms with Gasteiger partial charge in [0.2, 0.25) is 0 Å². The normalized spacial score (nSPS) is 11.8. The van der Waals surface area contributed by atoms with Crippen LogP contribution in [0.5, 0.6) is 0 Å². The molecule has 6 heavy (non-hydrogen) atoms. The molecule has 0 bridgehead atoms.